The van der Waals surface area contributed by atoms with Crippen molar-refractivity contribution in [2.45, 2.75) is 56.9 Å². The van der Waals surface area contributed by atoms with Crippen LogP contribution in [0.2, 0.25) is 0 Å². The monoisotopic (exact) mass is 328 g/mol. The molecular weight excluding hydrogens is 300 g/mol. The Morgan fingerprint density at radius 1 is 1.00 bits per heavy atom. The van der Waals surface area contributed by atoms with E-state index in [2.05, 4.69) is 41.0 Å². The van der Waals surface area contributed by atoms with Gasteiger partial charge in [0, 0.05) is 12.1 Å². The SMILES string of the molecule is S=C(NCCCc1ccccc1)NC12CC3CC(CC(C3)C1)C2. The molecule has 0 aromatic heterocycles. The Hall–Kier alpha value is -1.09. The topological polar surface area (TPSA) is 24.1 Å². The quantitative estimate of drug-likeness (QED) is 0.630. The lowest BCUT2D eigenvalue weighted by Crippen LogP contribution is -2.61. The fourth-order valence-corrected chi connectivity index (χ4v) is 6.01. The number of thiocarbonyl (C=S) groups is 1. The van der Waals surface area contributed by atoms with E-state index in [1.54, 1.807) is 0 Å². The normalized spacial score (nSPS) is 34.3. The molecule has 4 saturated carbocycles. The Kier molecular flexibility index (Phi) is 4.31. The van der Waals surface area contributed by atoms with Gasteiger partial charge in [0.2, 0.25) is 0 Å². The molecule has 4 aliphatic carbocycles. The third-order valence-corrected chi connectivity index (χ3v) is 6.43. The van der Waals surface area contributed by atoms with Crippen LogP contribution in [0.5, 0.6) is 0 Å². The zero-order valence-corrected chi connectivity index (χ0v) is 14.7. The summed E-state index contributed by atoms with van der Waals surface area (Å²) in [6, 6.07) is 10.7. The molecule has 0 atom stereocenters. The van der Waals surface area contributed by atoms with Crippen LogP contribution in [-0.4, -0.2) is 17.2 Å². The second-order valence-corrected chi connectivity index (χ2v) is 8.58. The summed E-state index contributed by atoms with van der Waals surface area (Å²) in [6.45, 7) is 0.965. The summed E-state index contributed by atoms with van der Waals surface area (Å²) in [5, 5.41) is 8.08. The maximum Gasteiger partial charge on any atom is 0.166 e. The zero-order chi connectivity index (χ0) is 15.7. The van der Waals surface area contributed by atoms with Crippen LogP contribution in [0.25, 0.3) is 0 Å². The first kappa shape index (κ1) is 15.4. The van der Waals surface area contributed by atoms with Crippen molar-refractivity contribution in [3.63, 3.8) is 0 Å². The Morgan fingerprint density at radius 3 is 2.22 bits per heavy atom. The summed E-state index contributed by atoms with van der Waals surface area (Å²) in [4.78, 5) is 0. The van der Waals surface area contributed by atoms with Crippen LogP contribution in [0.3, 0.4) is 0 Å². The van der Waals surface area contributed by atoms with E-state index in [0.717, 1.165) is 42.3 Å². The first-order valence-corrected chi connectivity index (χ1v) is 9.72. The number of nitrogens with one attached hydrogen (secondary N) is 2. The lowest BCUT2D eigenvalue weighted by atomic mass is 9.53. The van der Waals surface area contributed by atoms with Gasteiger partial charge in [-0.15, -0.1) is 0 Å². The first-order valence-electron chi connectivity index (χ1n) is 9.31. The minimum absolute atomic E-state index is 0.332. The molecule has 23 heavy (non-hydrogen) atoms. The number of benzene rings is 1. The van der Waals surface area contributed by atoms with Crippen LogP contribution in [0.4, 0.5) is 0 Å². The van der Waals surface area contributed by atoms with Crippen LogP contribution in [0, 0.1) is 17.8 Å². The lowest BCUT2D eigenvalue weighted by molar-refractivity contribution is -0.0101. The van der Waals surface area contributed by atoms with Crippen LogP contribution in [0.1, 0.15) is 50.5 Å². The molecule has 0 spiro atoms. The minimum Gasteiger partial charge on any atom is -0.363 e. The van der Waals surface area contributed by atoms with Gasteiger partial charge in [0.25, 0.3) is 0 Å². The van der Waals surface area contributed by atoms with E-state index < -0.39 is 0 Å². The van der Waals surface area contributed by atoms with Gasteiger partial charge >= 0.3 is 0 Å². The molecule has 0 radical (unpaired) electrons. The Bertz CT molecular complexity index is 519. The summed E-state index contributed by atoms with van der Waals surface area (Å²) in [5.74, 6) is 2.90. The van der Waals surface area contributed by atoms with Gasteiger partial charge in [-0.2, -0.15) is 0 Å². The van der Waals surface area contributed by atoms with Crippen molar-refractivity contribution in [2.75, 3.05) is 6.54 Å². The summed E-state index contributed by atoms with van der Waals surface area (Å²) < 4.78 is 0. The molecule has 0 unspecified atom stereocenters. The highest BCUT2D eigenvalue weighted by atomic mass is 32.1. The van der Waals surface area contributed by atoms with E-state index in [4.69, 9.17) is 12.2 Å². The van der Waals surface area contributed by atoms with Gasteiger partial charge < -0.3 is 10.6 Å². The predicted octanol–water partition coefficient (Wildman–Crippen LogP) is 4.05. The van der Waals surface area contributed by atoms with Crippen molar-refractivity contribution in [3.8, 4) is 0 Å². The molecule has 2 N–H and O–H groups in total. The molecule has 124 valence electrons. The maximum atomic E-state index is 5.60. The van der Waals surface area contributed by atoms with E-state index >= 15 is 0 Å². The van der Waals surface area contributed by atoms with E-state index in [-0.39, 0.29) is 0 Å². The van der Waals surface area contributed by atoms with E-state index in [1.807, 2.05) is 0 Å². The molecule has 2 nitrogen and oxygen atoms in total. The highest BCUT2D eigenvalue weighted by molar-refractivity contribution is 7.80. The third kappa shape index (κ3) is 3.55. The molecule has 0 saturated heterocycles. The summed E-state index contributed by atoms with van der Waals surface area (Å²) in [6.07, 6.45) is 10.8. The van der Waals surface area contributed by atoms with Gasteiger partial charge in [0.15, 0.2) is 5.11 Å². The second kappa shape index (κ2) is 6.43. The van der Waals surface area contributed by atoms with Crippen molar-refractivity contribution in [2.24, 2.45) is 17.8 Å². The van der Waals surface area contributed by atoms with Crippen LogP contribution in [0.15, 0.2) is 30.3 Å². The van der Waals surface area contributed by atoms with Gasteiger partial charge in [0.1, 0.15) is 0 Å². The van der Waals surface area contributed by atoms with Crippen LogP contribution < -0.4 is 10.6 Å². The molecule has 0 aliphatic heterocycles. The number of rotatable bonds is 5. The fourth-order valence-electron chi connectivity index (χ4n) is 5.69. The molecule has 0 heterocycles. The Labute approximate surface area is 145 Å². The highest BCUT2D eigenvalue weighted by Gasteiger charge is 2.51. The average Bonchev–Trinajstić information content (AvgIpc) is 2.51. The van der Waals surface area contributed by atoms with Gasteiger partial charge in [-0.05, 0) is 86.9 Å². The molecule has 1 aromatic rings. The summed E-state index contributed by atoms with van der Waals surface area (Å²) in [7, 11) is 0. The second-order valence-electron chi connectivity index (χ2n) is 8.17. The molecule has 4 aliphatic rings. The number of hydrogen-bond acceptors (Lipinski definition) is 1. The Morgan fingerprint density at radius 2 is 1.61 bits per heavy atom. The molecule has 5 rings (SSSR count). The molecule has 0 amide bonds. The molecule has 4 bridgehead atoms. The number of hydrogen-bond donors (Lipinski definition) is 2. The van der Waals surface area contributed by atoms with Crippen molar-refractivity contribution in [3.05, 3.63) is 35.9 Å². The predicted molar refractivity (Wildman–Crippen MR) is 99.4 cm³/mol. The van der Waals surface area contributed by atoms with Crippen molar-refractivity contribution in [1.82, 2.24) is 10.6 Å². The average molecular weight is 329 g/mol. The Balaban J connectivity index is 1.23. The summed E-state index contributed by atoms with van der Waals surface area (Å²) in [5.41, 5.74) is 1.74. The van der Waals surface area contributed by atoms with Crippen LogP contribution in [-0.2, 0) is 6.42 Å². The van der Waals surface area contributed by atoms with Gasteiger partial charge in [-0.25, -0.2) is 0 Å². The lowest BCUT2D eigenvalue weighted by Gasteiger charge is -2.57. The van der Waals surface area contributed by atoms with Gasteiger partial charge in [-0.3, -0.25) is 0 Å². The molecule has 3 heteroatoms. The van der Waals surface area contributed by atoms with Gasteiger partial charge in [-0.1, -0.05) is 30.3 Å². The fraction of sp³-hybridized carbons (Fsp3) is 0.650. The largest absolute Gasteiger partial charge is 0.363 e. The van der Waals surface area contributed by atoms with Crippen molar-refractivity contribution >= 4 is 17.3 Å². The van der Waals surface area contributed by atoms with E-state index in [0.29, 0.717) is 5.54 Å². The maximum absolute atomic E-state index is 5.60. The minimum atomic E-state index is 0.332. The molecule has 4 fully saturated rings. The smallest absolute Gasteiger partial charge is 0.166 e. The van der Waals surface area contributed by atoms with E-state index in [9.17, 15) is 0 Å². The van der Waals surface area contributed by atoms with Crippen LogP contribution >= 0.6 is 12.2 Å². The van der Waals surface area contributed by atoms with Crippen molar-refractivity contribution < 1.29 is 0 Å². The van der Waals surface area contributed by atoms with Crippen molar-refractivity contribution in [1.29, 1.82) is 0 Å². The van der Waals surface area contributed by atoms with Gasteiger partial charge in [0.05, 0.1) is 0 Å². The first-order chi connectivity index (χ1) is 11.2. The molecular formula is C20H28N2S. The highest BCUT2D eigenvalue weighted by Crippen LogP contribution is 2.55. The summed E-state index contributed by atoms with van der Waals surface area (Å²) >= 11 is 5.60. The van der Waals surface area contributed by atoms with E-state index in [1.165, 1.54) is 44.1 Å². The standard InChI is InChI=1S/C20H28N2S/c23-19(21-8-4-7-15-5-2-1-3-6-15)22-20-12-16-9-17(13-20)11-18(10-16)14-20/h1-3,5-6,16-18H,4,7-14H2,(H2,21,22,23). The number of aryl methyl sites for hydroxylation is 1. The third-order valence-electron chi connectivity index (χ3n) is 6.19. The zero-order valence-electron chi connectivity index (χ0n) is 13.9. The molecule has 1 aromatic carbocycles.